The molecule has 0 spiro atoms. The molecule has 0 bridgehead atoms. The number of hydrogen-bond acceptors (Lipinski definition) is 22. The van der Waals surface area contributed by atoms with Crippen LogP contribution < -0.4 is 0 Å². The molecule has 0 saturated carbocycles. The van der Waals surface area contributed by atoms with Gasteiger partial charge in [0.1, 0.15) is 24.0 Å². The quantitative estimate of drug-likeness (QED) is 0.160. The number of rotatable bonds is 3. The minimum Gasteiger partial charge on any atom is -0.451 e. The zero-order chi connectivity index (χ0) is 95.3. The van der Waals surface area contributed by atoms with E-state index in [1.807, 2.05) is 55.5 Å². The zero-order valence-electron chi connectivity index (χ0n) is 87.6. The number of hydrogen-bond donors (Lipinski definition) is 0. The summed E-state index contributed by atoms with van der Waals surface area (Å²) in [5.74, 6) is 5.04. The molecule has 0 aliphatic carbocycles. The lowest BCUT2D eigenvalue weighted by Gasteiger charge is -2.44. The van der Waals surface area contributed by atoms with Crippen LogP contribution in [0.2, 0.25) is 0 Å². The van der Waals surface area contributed by atoms with Crippen molar-refractivity contribution in [2.24, 2.45) is 56.3 Å². The van der Waals surface area contributed by atoms with Crippen molar-refractivity contribution in [1.29, 1.82) is 0 Å². The number of tetrazole rings is 1. The third-order valence-corrected chi connectivity index (χ3v) is 26.0. The fourth-order valence-electron chi connectivity index (χ4n) is 12.4. The summed E-state index contributed by atoms with van der Waals surface area (Å²) < 4.78 is 67.0. The molecule has 122 heavy (non-hydrogen) atoms. The molecule has 0 radical (unpaired) electrons. The first-order chi connectivity index (χ1) is 54.7. The Morgan fingerprint density at radius 2 is 0.959 bits per heavy atom. The summed E-state index contributed by atoms with van der Waals surface area (Å²) in [6, 6.07) is 0. The fourth-order valence-corrected chi connectivity index (χ4v) is 12.4. The molecule has 5 saturated heterocycles. The smallest absolute Gasteiger partial charge is 0.221 e. The Bertz CT molecular complexity index is 3550. The van der Waals surface area contributed by atoms with E-state index >= 15 is 0 Å². The van der Waals surface area contributed by atoms with Crippen LogP contribution in [0.5, 0.6) is 0 Å². The van der Waals surface area contributed by atoms with Gasteiger partial charge in [-0.2, -0.15) is 0 Å². The Labute approximate surface area is 744 Å². The molecule has 6 aromatic rings. The molecule has 0 N–H and O–H groups in total. The van der Waals surface area contributed by atoms with Gasteiger partial charge < -0.3 is 55.2 Å². The van der Waals surface area contributed by atoms with Crippen LogP contribution in [0, 0.1) is 63.1 Å². The van der Waals surface area contributed by atoms with Crippen molar-refractivity contribution in [3.05, 3.63) is 90.5 Å². The molecule has 0 aromatic carbocycles. The molecule has 5 aliphatic rings. The van der Waals surface area contributed by atoms with Crippen LogP contribution in [0.25, 0.3) is 0 Å². The summed E-state index contributed by atoms with van der Waals surface area (Å²) >= 11 is 0. The van der Waals surface area contributed by atoms with Gasteiger partial charge in [-0.1, -0.05) is 256 Å². The van der Waals surface area contributed by atoms with Gasteiger partial charge in [-0.05, 0) is 151 Å². The molecule has 5 aliphatic heterocycles. The Hall–Kier alpha value is -5.27. The number of ether oxygens (including phenoxy) is 7. The lowest BCUT2D eigenvalue weighted by atomic mass is 9.64. The minimum absolute atomic E-state index is 0.0174. The highest BCUT2D eigenvalue weighted by molar-refractivity contribution is 5.15. The van der Waals surface area contributed by atoms with E-state index in [4.69, 9.17) is 55.2 Å². The largest absolute Gasteiger partial charge is 0.451 e. The van der Waals surface area contributed by atoms with Gasteiger partial charge in [0, 0.05) is 102 Å². The van der Waals surface area contributed by atoms with Gasteiger partial charge in [0.05, 0.1) is 60.9 Å². The first-order valence-corrected chi connectivity index (χ1v) is 45.0. The van der Waals surface area contributed by atoms with Crippen molar-refractivity contribution in [3.63, 3.8) is 0 Å². The highest BCUT2D eigenvalue weighted by atomic mass is 16.8. The number of aromatic nitrogens is 10. The molecule has 6 unspecified atom stereocenters. The molecule has 0 amide bonds. The van der Waals surface area contributed by atoms with Gasteiger partial charge in [-0.3, -0.25) is 4.90 Å². The van der Waals surface area contributed by atoms with E-state index in [1.165, 1.54) is 44.9 Å². The first kappa shape index (κ1) is 115. The van der Waals surface area contributed by atoms with E-state index in [0.717, 1.165) is 80.1 Å². The Balaban J connectivity index is 0.000000671. The number of nitrogens with zero attached hydrogens (tertiary/aromatic N) is 11. The van der Waals surface area contributed by atoms with Crippen molar-refractivity contribution in [2.45, 2.75) is 445 Å². The van der Waals surface area contributed by atoms with Crippen molar-refractivity contribution >= 4 is 0 Å². The van der Waals surface area contributed by atoms with E-state index in [1.54, 1.807) is 36.5 Å². The van der Waals surface area contributed by atoms with Gasteiger partial charge in [-0.15, -0.1) is 15.3 Å². The third kappa shape index (κ3) is 36.5. The predicted octanol–water partition coefficient (Wildman–Crippen LogP) is 25.4. The van der Waals surface area contributed by atoms with Crippen LogP contribution >= 0.6 is 0 Å². The van der Waals surface area contributed by atoms with Crippen molar-refractivity contribution in [2.75, 3.05) is 46.1 Å². The number of aryl methyl sites for hydroxylation is 3. The lowest BCUT2D eigenvalue weighted by Crippen LogP contribution is -2.53. The highest BCUT2D eigenvalue weighted by Crippen LogP contribution is 2.47. The van der Waals surface area contributed by atoms with Crippen molar-refractivity contribution in [1.82, 2.24) is 55.2 Å². The fraction of sp³-hybridized carbons (Fsp3) is 0.848. The van der Waals surface area contributed by atoms with E-state index in [9.17, 15) is 0 Å². The minimum atomic E-state index is -0.425. The molecular weight excluding hydrogens is 1540 g/mol. The normalized spacial score (nSPS) is 22.2. The Kier molecular flexibility index (Phi) is 42.4. The summed E-state index contributed by atoms with van der Waals surface area (Å²) in [6.45, 7) is 112. The lowest BCUT2D eigenvalue weighted by molar-refractivity contribution is -0.221. The summed E-state index contributed by atoms with van der Waals surface area (Å²) in [5.41, 5.74) is 4.51. The summed E-state index contributed by atoms with van der Waals surface area (Å²) in [6.07, 6.45) is 17.7. The molecule has 5 fully saturated rings. The van der Waals surface area contributed by atoms with Gasteiger partial charge in [-0.25, -0.2) is 24.6 Å². The van der Waals surface area contributed by atoms with Crippen LogP contribution in [0.4, 0.5) is 0 Å². The monoisotopic (exact) mass is 1720 g/mol. The summed E-state index contributed by atoms with van der Waals surface area (Å²) in [5, 5.41) is 18.8. The van der Waals surface area contributed by atoms with Gasteiger partial charge in [0.2, 0.25) is 11.8 Å². The van der Waals surface area contributed by atoms with Crippen LogP contribution in [0.3, 0.4) is 0 Å². The molecule has 23 heteroatoms. The average molecular weight is 1720 g/mol. The van der Waals surface area contributed by atoms with E-state index in [-0.39, 0.29) is 83.4 Å². The molecule has 708 valence electrons. The SMILES string of the molecule is CC(C)(C)C(C)(C)c1cnco1.CC(C)(C)C(C)(C)c1cocn1.CC(C)(C)C(C)(C)c1ncco1.CC(C)(C)C1(C)CCOCC1.CC(C)(C)C1CCOCC1.CC1CN(C(C)(C)C)CC(C)O1.CC1COC(C)(C(C)(C)C)O1.CC1OC(C)(C(C)(C)C)OC1C.Cc1ncoc1C(C)(C)C.Cc1nnc(C(C)(C)C)o1.Cn1nnnc1C(C)(C)C. The maximum absolute atomic E-state index is 5.80. The second-order valence-corrected chi connectivity index (χ2v) is 47.8. The van der Waals surface area contributed by atoms with Crippen molar-refractivity contribution in [3.8, 4) is 0 Å². The third-order valence-electron chi connectivity index (χ3n) is 26.0. The maximum Gasteiger partial charge on any atom is 0.221 e. The zero-order valence-corrected chi connectivity index (χ0v) is 87.6. The van der Waals surface area contributed by atoms with Crippen LogP contribution in [-0.2, 0) is 72.7 Å². The second-order valence-electron chi connectivity index (χ2n) is 47.8. The molecular formula is C99H185N11O12. The predicted molar refractivity (Wildman–Crippen MR) is 497 cm³/mol. The molecule has 11 heterocycles. The van der Waals surface area contributed by atoms with E-state index < -0.39 is 11.6 Å². The Morgan fingerprint density at radius 3 is 1.22 bits per heavy atom. The second kappa shape index (κ2) is 45.1. The van der Waals surface area contributed by atoms with Gasteiger partial charge >= 0.3 is 0 Å². The molecule has 6 aromatic heterocycles. The number of oxazole rings is 4. The van der Waals surface area contributed by atoms with E-state index in [2.05, 4.69) is 334 Å². The molecule has 11 rings (SSSR count). The Morgan fingerprint density at radius 1 is 0.467 bits per heavy atom. The van der Waals surface area contributed by atoms with Gasteiger partial charge in [0.15, 0.2) is 42.5 Å². The van der Waals surface area contributed by atoms with Crippen molar-refractivity contribution < 1.29 is 55.2 Å². The average Bonchev–Trinajstić information content (AvgIpc) is 1.67. The van der Waals surface area contributed by atoms with Crippen LogP contribution in [0.1, 0.15) is 398 Å². The highest BCUT2D eigenvalue weighted by Gasteiger charge is 2.49. The standard InChI is InChI=1S/2C10H17NO.C10H21NO.C10H17NO.C10H20O2.C10H20O.C9H18O2.C9H18O.C8H13NO.C7H12N2O.C6H12N4/c1-9(2,3)10(4,5)8-6-12-7-11-8;1-9(2,3)10(4,5)8-6-11-7-12-8;1-8-6-11(10(3,4)5)7-9(2)12-8;1-9(2,3)10(4,5)8-11-6-7-12-8;1-7-8(2)12-10(6,11-7)9(3,4)5;1-9(2,3)10(4)5-7-11-8-6-10;1-7-6-10-9(5,11-7)8(2,3)4;1-9(2,3)8-4-6-10-7-5-8;1-6-7(8(2,3)4)10-5-9-6;1-5-8-9-6(10-5)7(2,3)4;1-6(2,3)5-7-8-9-10(5)4/h2*6-7H,1-5H3;8-9H,6-7H2,1-5H3;6-7H,1-5H3;7-8H,1-6H3;5-8H2,1-4H3;7H,6H2,1-5H3;8H,4-7H2,1-3H3;5H,1-4H3;2*1-4H3. The van der Waals surface area contributed by atoms with Crippen LogP contribution in [-0.4, -0.2) is 149 Å². The number of morpholine rings is 1. The van der Waals surface area contributed by atoms with Gasteiger partial charge in [0.25, 0.3) is 0 Å². The summed E-state index contributed by atoms with van der Waals surface area (Å²) in [7, 11) is 1.85. The topological polar surface area (TPSA) is 254 Å². The summed E-state index contributed by atoms with van der Waals surface area (Å²) in [4.78, 5) is 18.8. The molecule has 23 nitrogen and oxygen atoms in total. The molecule has 6 atom stereocenters. The van der Waals surface area contributed by atoms with E-state index in [0.29, 0.717) is 46.8 Å². The maximum atomic E-state index is 5.80. The van der Waals surface area contributed by atoms with Crippen LogP contribution in [0.15, 0.2) is 66.2 Å². The first-order valence-electron chi connectivity index (χ1n) is 45.0.